The van der Waals surface area contributed by atoms with Crippen molar-refractivity contribution in [2.45, 2.75) is 25.9 Å². The van der Waals surface area contributed by atoms with Crippen molar-refractivity contribution < 1.29 is 9.50 Å². The molecule has 104 valence electrons. The van der Waals surface area contributed by atoms with Gasteiger partial charge in [0.1, 0.15) is 11.6 Å². The van der Waals surface area contributed by atoms with Crippen molar-refractivity contribution in [3.05, 3.63) is 29.6 Å². The van der Waals surface area contributed by atoms with Crippen LogP contribution in [0.3, 0.4) is 0 Å². The number of nitrogens with one attached hydrogen (secondary N) is 1. The molecule has 0 aromatic heterocycles. The van der Waals surface area contributed by atoms with Crippen molar-refractivity contribution in [1.29, 1.82) is 0 Å². The van der Waals surface area contributed by atoms with E-state index in [1.807, 2.05) is 0 Å². The minimum Gasteiger partial charge on any atom is -0.508 e. The molecule has 2 N–H and O–H groups in total. The molecule has 0 aliphatic carbocycles. The van der Waals surface area contributed by atoms with Crippen LogP contribution in [-0.4, -0.2) is 35.7 Å². The van der Waals surface area contributed by atoms with Crippen molar-refractivity contribution >= 4 is 0 Å². The monoisotopic (exact) mass is 264 g/mol. The molecule has 0 radical (unpaired) electrons. The maximum absolute atomic E-state index is 13.1. The van der Waals surface area contributed by atoms with Crippen LogP contribution >= 0.6 is 0 Å². The van der Waals surface area contributed by atoms with Gasteiger partial charge in [-0.15, -0.1) is 0 Å². The van der Waals surface area contributed by atoms with Gasteiger partial charge in [0.2, 0.25) is 0 Å². The van der Waals surface area contributed by atoms with E-state index in [0.717, 1.165) is 25.2 Å². The van der Waals surface area contributed by atoms with Crippen molar-refractivity contribution in [2.75, 3.05) is 19.6 Å². The van der Waals surface area contributed by atoms with Gasteiger partial charge in [0.05, 0.1) is 0 Å². The van der Waals surface area contributed by atoms with Gasteiger partial charge in [0.15, 0.2) is 0 Å². The summed E-state index contributed by atoms with van der Waals surface area (Å²) in [5.41, 5.74) is 0.821. The van der Waals surface area contributed by atoms with Crippen molar-refractivity contribution in [1.82, 2.24) is 10.2 Å². The SMILES string of the molecule is CC(c1ccc(F)cc1O)N1CC2CNCC2C1C. The number of hydrogen-bond donors (Lipinski definition) is 2. The molecular weight excluding hydrogens is 243 g/mol. The average Bonchev–Trinajstić information content (AvgIpc) is 2.92. The van der Waals surface area contributed by atoms with Crippen molar-refractivity contribution in [3.8, 4) is 5.75 Å². The first kappa shape index (κ1) is 12.9. The number of rotatable bonds is 2. The van der Waals surface area contributed by atoms with Crippen molar-refractivity contribution in [2.24, 2.45) is 11.8 Å². The quantitative estimate of drug-likeness (QED) is 0.859. The Labute approximate surface area is 113 Å². The van der Waals surface area contributed by atoms with Crippen molar-refractivity contribution in [3.63, 3.8) is 0 Å². The van der Waals surface area contributed by atoms with Gasteiger partial charge in [-0.2, -0.15) is 0 Å². The Kier molecular flexibility index (Phi) is 3.23. The van der Waals surface area contributed by atoms with Crippen LogP contribution in [0.5, 0.6) is 5.75 Å². The highest BCUT2D eigenvalue weighted by molar-refractivity contribution is 5.35. The summed E-state index contributed by atoms with van der Waals surface area (Å²) in [4.78, 5) is 2.43. The third kappa shape index (κ3) is 2.13. The number of likely N-dealkylation sites (tertiary alicyclic amines) is 1. The molecule has 3 nitrogen and oxygen atoms in total. The fourth-order valence-electron chi connectivity index (χ4n) is 3.76. The van der Waals surface area contributed by atoms with Gasteiger partial charge in [-0.25, -0.2) is 4.39 Å². The molecule has 0 bridgehead atoms. The lowest BCUT2D eigenvalue weighted by Crippen LogP contribution is -2.35. The van der Waals surface area contributed by atoms with Crippen LogP contribution in [-0.2, 0) is 0 Å². The zero-order chi connectivity index (χ0) is 13.6. The van der Waals surface area contributed by atoms with E-state index in [4.69, 9.17) is 0 Å². The zero-order valence-corrected chi connectivity index (χ0v) is 11.4. The van der Waals surface area contributed by atoms with E-state index in [0.29, 0.717) is 17.9 Å². The second-order valence-electron chi connectivity index (χ2n) is 5.90. The van der Waals surface area contributed by atoms with E-state index in [2.05, 4.69) is 24.1 Å². The molecule has 4 atom stereocenters. The zero-order valence-electron chi connectivity index (χ0n) is 11.4. The predicted octanol–water partition coefficient (Wildman–Crippen LogP) is 2.13. The largest absolute Gasteiger partial charge is 0.508 e. The molecule has 0 amide bonds. The van der Waals surface area contributed by atoms with Gasteiger partial charge in [-0.3, -0.25) is 4.90 Å². The van der Waals surface area contributed by atoms with Crippen LogP contribution in [0.1, 0.15) is 25.5 Å². The maximum Gasteiger partial charge on any atom is 0.126 e. The first-order valence-electron chi connectivity index (χ1n) is 7.03. The summed E-state index contributed by atoms with van der Waals surface area (Å²) in [5.74, 6) is 1.09. The molecule has 1 aromatic carbocycles. The van der Waals surface area contributed by atoms with Crippen LogP contribution < -0.4 is 5.32 Å². The fraction of sp³-hybridized carbons (Fsp3) is 0.600. The summed E-state index contributed by atoms with van der Waals surface area (Å²) >= 11 is 0. The Morgan fingerprint density at radius 3 is 2.89 bits per heavy atom. The van der Waals surface area contributed by atoms with E-state index in [1.165, 1.54) is 12.1 Å². The summed E-state index contributed by atoms with van der Waals surface area (Å²) in [6.07, 6.45) is 0. The summed E-state index contributed by atoms with van der Waals surface area (Å²) in [7, 11) is 0. The third-order valence-corrected chi connectivity index (χ3v) is 4.92. The highest BCUT2D eigenvalue weighted by Crippen LogP contribution is 2.39. The Hall–Kier alpha value is -1.13. The van der Waals surface area contributed by atoms with Gasteiger partial charge in [-0.05, 0) is 44.8 Å². The minimum atomic E-state index is -0.385. The van der Waals surface area contributed by atoms with Gasteiger partial charge in [0, 0.05) is 30.3 Å². The molecule has 2 aliphatic rings. The Balaban J connectivity index is 1.82. The Morgan fingerprint density at radius 1 is 1.42 bits per heavy atom. The van der Waals surface area contributed by atoms with E-state index < -0.39 is 0 Å². The molecule has 2 aliphatic heterocycles. The molecule has 0 saturated carbocycles. The number of benzene rings is 1. The first-order valence-corrected chi connectivity index (χ1v) is 7.03. The third-order valence-electron chi connectivity index (χ3n) is 4.92. The number of phenols is 1. The average molecular weight is 264 g/mol. The summed E-state index contributed by atoms with van der Waals surface area (Å²) < 4.78 is 13.1. The van der Waals surface area contributed by atoms with E-state index >= 15 is 0 Å². The van der Waals surface area contributed by atoms with E-state index in [-0.39, 0.29) is 17.6 Å². The lowest BCUT2D eigenvalue weighted by molar-refractivity contribution is 0.179. The van der Waals surface area contributed by atoms with E-state index in [9.17, 15) is 9.50 Å². The van der Waals surface area contributed by atoms with E-state index in [1.54, 1.807) is 6.07 Å². The molecule has 1 aromatic rings. The topological polar surface area (TPSA) is 35.5 Å². The van der Waals surface area contributed by atoms with Crippen LogP contribution in [0, 0.1) is 17.7 Å². The molecule has 2 heterocycles. The molecule has 4 unspecified atom stereocenters. The summed E-state index contributed by atoms with van der Waals surface area (Å²) in [6.45, 7) is 7.58. The molecule has 19 heavy (non-hydrogen) atoms. The van der Waals surface area contributed by atoms with Gasteiger partial charge in [-0.1, -0.05) is 6.07 Å². The van der Waals surface area contributed by atoms with Crippen LogP contribution in [0.4, 0.5) is 4.39 Å². The summed E-state index contributed by atoms with van der Waals surface area (Å²) in [6, 6.07) is 4.96. The number of phenolic OH excluding ortho intramolecular Hbond substituents is 1. The molecular formula is C15H21FN2O. The summed E-state index contributed by atoms with van der Waals surface area (Å²) in [5, 5.41) is 13.4. The predicted molar refractivity (Wildman–Crippen MR) is 72.5 cm³/mol. The fourth-order valence-corrected chi connectivity index (χ4v) is 3.76. The molecule has 3 rings (SSSR count). The standard InChI is InChI=1S/C15H21FN2O/c1-9(13-4-3-12(16)5-15(13)19)18-8-11-6-17-7-14(11)10(18)2/h3-5,9-11,14,17,19H,6-8H2,1-2H3. The second-order valence-corrected chi connectivity index (χ2v) is 5.90. The molecule has 4 heteroatoms. The highest BCUT2D eigenvalue weighted by atomic mass is 19.1. The van der Waals surface area contributed by atoms with Crippen LogP contribution in [0.25, 0.3) is 0 Å². The maximum atomic E-state index is 13.1. The van der Waals surface area contributed by atoms with Crippen LogP contribution in [0.2, 0.25) is 0 Å². The van der Waals surface area contributed by atoms with Crippen LogP contribution in [0.15, 0.2) is 18.2 Å². The second kappa shape index (κ2) is 4.76. The van der Waals surface area contributed by atoms with Gasteiger partial charge >= 0.3 is 0 Å². The molecule has 0 spiro atoms. The number of fused-ring (bicyclic) bond motifs is 1. The number of hydrogen-bond acceptors (Lipinski definition) is 3. The lowest BCUT2D eigenvalue weighted by Gasteiger charge is -2.31. The smallest absolute Gasteiger partial charge is 0.126 e. The highest BCUT2D eigenvalue weighted by Gasteiger charge is 2.43. The minimum absolute atomic E-state index is 0.0647. The lowest BCUT2D eigenvalue weighted by atomic mass is 9.95. The molecule has 2 saturated heterocycles. The van der Waals surface area contributed by atoms with Gasteiger partial charge < -0.3 is 10.4 Å². The number of nitrogens with zero attached hydrogens (tertiary/aromatic N) is 1. The number of aromatic hydroxyl groups is 1. The Bertz CT molecular complexity index is 479. The van der Waals surface area contributed by atoms with Gasteiger partial charge in [0.25, 0.3) is 0 Å². The Morgan fingerprint density at radius 2 is 2.21 bits per heavy atom. The number of halogens is 1. The first-order chi connectivity index (χ1) is 9.08. The molecule has 2 fully saturated rings. The normalized spacial score (nSPS) is 32.5.